The molecule has 2 heteroatoms. The van der Waals surface area contributed by atoms with Gasteiger partial charge < -0.3 is 5.32 Å². The molecule has 0 radical (unpaired) electrons. The molecule has 0 fully saturated rings. The van der Waals surface area contributed by atoms with Gasteiger partial charge in [-0.2, -0.15) is 0 Å². The molecule has 1 atom stereocenters. The Morgan fingerprint density at radius 1 is 0.966 bits per heavy atom. The molecule has 1 nitrogen and oxygen atoms in total. The van der Waals surface area contributed by atoms with Gasteiger partial charge in [-0.25, -0.2) is 4.39 Å². The highest BCUT2D eigenvalue weighted by atomic mass is 19.1. The number of nitrogens with one attached hydrogen (secondary N) is 1. The summed E-state index contributed by atoms with van der Waals surface area (Å²) in [5.74, 6) is 2.75. The first-order valence-electron chi connectivity index (χ1n) is 10.2. The Labute approximate surface area is 174 Å². The maximum Gasteiger partial charge on any atom is 0.146 e. The molecular formula is C27H28FN. The van der Waals surface area contributed by atoms with E-state index in [1.807, 2.05) is 42.5 Å². The van der Waals surface area contributed by atoms with Crippen molar-refractivity contribution in [2.24, 2.45) is 0 Å². The van der Waals surface area contributed by atoms with Gasteiger partial charge in [0.05, 0.1) is 11.1 Å². The maximum atomic E-state index is 14.2. The number of rotatable bonds is 8. The average Bonchev–Trinajstić information content (AvgIpc) is 2.76. The van der Waals surface area contributed by atoms with Crippen molar-refractivity contribution in [3.05, 3.63) is 95.3 Å². The second kappa shape index (κ2) is 9.43. The van der Waals surface area contributed by atoms with Crippen molar-refractivity contribution in [2.45, 2.75) is 44.9 Å². The number of aryl methyl sites for hydroxylation is 2. The van der Waals surface area contributed by atoms with Crippen molar-refractivity contribution in [1.29, 1.82) is 0 Å². The minimum Gasteiger partial charge on any atom is -0.353 e. The van der Waals surface area contributed by atoms with Crippen LogP contribution in [0.25, 0.3) is 0 Å². The smallest absolute Gasteiger partial charge is 0.146 e. The lowest BCUT2D eigenvalue weighted by Gasteiger charge is -2.24. The van der Waals surface area contributed by atoms with Crippen LogP contribution in [-0.4, -0.2) is 0 Å². The molecule has 0 aromatic heterocycles. The van der Waals surface area contributed by atoms with Crippen molar-refractivity contribution in [3.8, 4) is 12.3 Å². The van der Waals surface area contributed by atoms with Crippen LogP contribution >= 0.6 is 0 Å². The van der Waals surface area contributed by atoms with Crippen molar-refractivity contribution in [2.75, 3.05) is 5.32 Å². The Hall–Kier alpha value is -3.05. The van der Waals surface area contributed by atoms with Gasteiger partial charge in [0, 0.05) is 5.69 Å². The first-order chi connectivity index (χ1) is 14.0. The molecule has 0 spiro atoms. The van der Waals surface area contributed by atoms with Gasteiger partial charge in [-0.15, -0.1) is 6.42 Å². The Balaban J connectivity index is 1.66. The van der Waals surface area contributed by atoms with Crippen molar-refractivity contribution in [3.63, 3.8) is 0 Å². The predicted molar refractivity (Wildman–Crippen MR) is 121 cm³/mol. The fourth-order valence-electron chi connectivity index (χ4n) is 3.55. The number of hydrogen-bond donors (Lipinski definition) is 1. The highest BCUT2D eigenvalue weighted by Gasteiger charge is 2.23. The molecule has 148 valence electrons. The van der Waals surface area contributed by atoms with Crippen LogP contribution in [0.2, 0.25) is 0 Å². The van der Waals surface area contributed by atoms with E-state index in [-0.39, 0.29) is 11.2 Å². The van der Waals surface area contributed by atoms with E-state index in [0.717, 1.165) is 36.9 Å². The monoisotopic (exact) mass is 385 g/mol. The van der Waals surface area contributed by atoms with E-state index in [0.29, 0.717) is 5.69 Å². The SMILES string of the molecule is C#CC(C)(CCCc1ccc(F)c(Nc2ccccc2)c1)c1ccc(CC)cc1. The first kappa shape index (κ1) is 20.7. The van der Waals surface area contributed by atoms with Gasteiger partial charge in [-0.1, -0.05) is 61.4 Å². The molecule has 3 aromatic rings. The minimum absolute atomic E-state index is 0.248. The van der Waals surface area contributed by atoms with Crippen LogP contribution in [0.4, 0.5) is 15.8 Å². The maximum absolute atomic E-state index is 14.2. The highest BCUT2D eigenvalue weighted by Crippen LogP contribution is 2.30. The molecular weight excluding hydrogens is 357 g/mol. The molecule has 3 aromatic carbocycles. The zero-order valence-corrected chi connectivity index (χ0v) is 17.2. The number of benzene rings is 3. The van der Waals surface area contributed by atoms with Gasteiger partial charge >= 0.3 is 0 Å². The van der Waals surface area contributed by atoms with E-state index in [9.17, 15) is 4.39 Å². The summed E-state index contributed by atoms with van der Waals surface area (Å²) in [6, 6.07) is 23.6. The number of anilines is 2. The lowest BCUT2D eigenvalue weighted by Crippen LogP contribution is -2.19. The van der Waals surface area contributed by atoms with Crippen molar-refractivity contribution >= 4 is 11.4 Å². The molecule has 29 heavy (non-hydrogen) atoms. The third-order valence-electron chi connectivity index (χ3n) is 5.54. The first-order valence-corrected chi connectivity index (χ1v) is 10.2. The summed E-state index contributed by atoms with van der Waals surface area (Å²) in [5.41, 5.74) is 4.69. The molecule has 0 bridgehead atoms. The van der Waals surface area contributed by atoms with Crippen LogP contribution in [-0.2, 0) is 18.3 Å². The lowest BCUT2D eigenvalue weighted by molar-refractivity contribution is 0.533. The van der Waals surface area contributed by atoms with Crippen LogP contribution in [0.5, 0.6) is 0 Å². The van der Waals surface area contributed by atoms with E-state index in [2.05, 4.69) is 49.4 Å². The van der Waals surface area contributed by atoms with Crippen molar-refractivity contribution in [1.82, 2.24) is 0 Å². The van der Waals surface area contributed by atoms with Crippen molar-refractivity contribution < 1.29 is 4.39 Å². The quantitative estimate of drug-likeness (QED) is 0.410. The van der Waals surface area contributed by atoms with Crippen LogP contribution < -0.4 is 5.32 Å². The van der Waals surface area contributed by atoms with E-state index in [4.69, 9.17) is 6.42 Å². The fourth-order valence-corrected chi connectivity index (χ4v) is 3.55. The number of hydrogen-bond acceptors (Lipinski definition) is 1. The van der Waals surface area contributed by atoms with Gasteiger partial charge in [0.15, 0.2) is 0 Å². The van der Waals surface area contributed by atoms with E-state index in [1.165, 1.54) is 17.2 Å². The normalized spacial score (nSPS) is 12.8. The molecule has 3 rings (SSSR count). The zero-order valence-electron chi connectivity index (χ0n) is 17.2. The zero-order chi connectivity index (χ0) is 20.7. The summed E-state index contributed by atoms with van der Waals surface area (Å²) in [4.78, 5) is 0. The fraction of sp³-hybridized carbons (Fsp3) is 0.259. The number of para-hydroxylation sites is 1. The second-order valence-corrected chi connectivity index (χ2v) is 7.69. The Morgan fingerprint density at radius 3 is 2.31 bits per heavy atom. The molecule has 0 amide bonds. The third kappa shape index (κ3) is 5.27. The minimum atomic E-state index is -0.294. The van der Waals surface area contributed by atoms with E-state index >= 15 is 0 Å². The van der Waals surface area contributed by atoms with Gasteiger partial charge in [-0.3, -0.25) is 0 Å². The molecule has 0 heterocycles. The lowest BCUT2D eigenvalue weighted by atomic mass is 9.78. The standard InChI is InChI=1S/C27H28FN/c1-4-21-13-16-23(17-14-21)27(3,5-2)19-9-10-22-15-18-25(28)26(20-22)29-24-11-7-6-8-12-24/h2,6-8,11-18,20,29H,4,9-10,19H2,1,3H3. The summed E-state index contributed by atoms with van der Waals surface area (Å²) >= 11 is 0. The third-order valence-corrected chi connectivity index (χ3v) is 5.54. The van der Waals surface area contributed by atoms with Gasteiger partial charge in [-0.05, 0) is 73.6 Å². The Bertz CT molecular complexity index is 970. The summed E-state index contributed by atoms with van der Waals surface area (Å²) in [5, 5.41) is 3.16. The second-order valence-electron chi connectivity index (χ2n) is 7.69. The summed E-state index contributed by atoms with van der Waals surface area (Å²) in [7, 11) is 0. The molecule has 0 aliphatic heterocycles. The summed E-state index contributed by atoms with van der Waals surface area (Å²) in [6.07, 6.45) is 9.61. The molecule has 0 aliphatic carbocycles. The predicted octanol–water partition coefficient (Wildman–Crippen LogP) is 7.05. The highest BCUT2D eigenvalue weighted by molar-refractivity contribution is 5.60. The molecule has 0 saturated carbocycles. The van der Waals surface area contributed by atoms with Crippen LogP contribution in [0.3, 0.4) is 0 Å². The van der Waals surface area contributed by atoms with Crippen LogP contribution in [0.1, 0.15) is 43.4 Å². The Kier molecular flexibility index (Phi) is 6.73. The van der Waals surface area contributed by atoms with Crippen LogP contribution in [0.15, 0.2) is 72.8 Å². The molecule has 1 N–H and O–H groups in total. The largest absolute Gasteiger partial charge is 0.353 e. The molecule has 0 aliphatic rings. The van der Waals surface area contributed by atoms with Gasteiger partial charge in [0.2, 0.25) is 0 Å². The summed E-state index contributed by atoms with van der Waals surface area (Å²) in [6.45, 7) is 4.28. The Morgan fingerprint density at radius 2 is 1.66 bits per heavy atom. The van der Waals surface area contributed by atoms with Gasteiger partial charge in [0.1, 0.15) is 5.82 Å². The van der Waals surface area contributed by atoms with E-state index in [1.54, 1.807) is 0 Å². The molecule has 0 saturated heterocycles. The number of terminal acetylenes is 1. The van der Waals surface area contributed by atoms with Crippen LogP contribution in [0, 0.1) is 18.2 Å². The molecule has 1 unspecified atom stereocenters. The van der Waals surface area contributed by atoms with Gasteiger partial charge in [0.25, 0.3) is 0 Å². The average molecular weight is 386 g/mol. The number of halogens is 1. The topological polar surface area (TPSA) is 12.0 Å². The van der Waals surface area contributed by atoms with E-state index < -0.39 is 0 Å². The summed E-state index contributed by atoms with van der Waals surface area (Å²) < 4.78 is 14.2.